The molecule has 0 aliphatic carbocycles. The number of para-hydroxylation sites is 1. The van der Waals surface area contributed by atoms with Crippen molar-refractivity contribution >= 4 is 16.7 Å². The van der Waals surface area contributed by atoms with Crippen LogP contribution in [0, 0.1) is 11.3 Å². The fourth-order valence-corrected chi connectivity index (χ4v) is 2.37. The molecule has 102 valence electrons. The van der Waals surface area contributed by atoms with E-state index in [0.29, 0.717) is 17.8 Å². The van der Waals surface area contributed by atoms with Crippen LogP contribution in [-0.4, -0.2) is 15.6 Å². The standard InChI is InChI=1S/C17H13N3O/c1-12(21)17-15-4-2-3-5-16(15)20(19-17)11-14-8-6-13(10-18)7-9-14/h2-9H,11H2,1H3. The molecule has 1 heterocycles. The lowest BCUT2D eigenvalue weighted by atomic mass is 10.1. The van der Waals surface area contributed by atoms with Crippen LogP contribution in [0.4, 0.5) is 0 Å². The number of benzene rings is 2. The predicted octanol–water partition coefficient (Wildman–Crippen LogP) is 3.16. The van der Waals surface area contributed by atoms with Crippen molar-refractivity contribution in [2.75, 3.05) is 0 Å². The van der Waals surface area contributed by atoms with E-state index < -0.39 is 0 Å². The Morgan fingerprint density at radius 2 is 1.90 bits per heavy atom. The number of nitriles is 1. The second-order valence-electron chi connectivity index (χ2n) is 4.89. The molecule has 0 fully saturated rings. The van der Waals surface area contributed by atoms with Gasteiger partial charge in [0, 0.05) is 12.3 Å². The van der Waals surface area contributed by atoms with Gasteiger partial charge in [0.1, 0.15) is 5.69 Å². The Hall–Kier alpha value is -2.93. The van der Waals surface area contributed by atoms with E-state index in [1.165, 1.54) is 6.92 Å². The number of aromatic nitrogens is 2. The summed E-state index contributed by atoms with van der Waals surface area (Å²) in [5.41, 5.74) is 3.11. The van der Waals surface area contributed by atoms with Crippen LogP contribution in [0.5, 0.6) is 0 Å². The number of Topliss-reactive ketones (excluding diaryl/α,β-unsaturated/α-hetero) is 1. The molecule has 21 heavy (non-hydrogen) atoms. The van der Waals surface area contributed by atoms with Crippen LogP contribution in [0.2, 0.25) is 0 Å². The highest BCUT2D eigenvalue weighted by Crippen LogP contribution is 2.20. The second-order valence-corrected chi connectivity index (χ2v) is 4.89. The van der Waals surface area contributed by atoms with E-state index in [1.807, 2.05) is 41.1 Å². The molecule has 0 amide bonds. The molecular formula is C17H13N3O. The minimum atomic E-state index is -0.0372. The quantitative estimate of drug-likeness (QED) is 0.690. The molecule has 0 saturated heterocycles. The zero-order valence-electron chi connectivity index (χ0n) is 11.6. The van der Waals surface area contributed by atoms with Crippen LogP contribution in [0.3, 0.4) is 0 Å². The van der Waals surface area contributed by atoms with E-state index in [-0.39, 0.29) is 5.78 Å². The van der Waals surface area contributed by atoms with Crippen LogP contribution < -0.4 is 0 Å². The predicted molar refractivity (Wildman–Crippen MR) is 80.0 cm³/mol. The fourth-order valence-electron chi connectivity index (χ4n) is 2.37. The van der Waals surface area contributed by atoms with Crippen molar-refractivity contribution in [3.63, 3.8) is 0 Å². The van der Waals surface area contributed by atoms with Crippen molar-refractivity contribution in [2.45, 2.75) is 13.5 Å². The summed E-state index contributed by atoms with van der Waals surface area (Å²) in [6.45, 7) is 2.10. The van der Waals surface area contributed by atoms with Gasteiger partial charge in [-0.3, -0.25) is 9.48 Å². The van der Waals surface area contributed by atoms with Crippen LogP contribution in [-0.2, 0) is 6.54 Å². The monoisotopic (exact) mass is 275 g/mol. The average Bonchev–Trinajstić information content (AvgIpc) is 2.87. The first-order chi connectivity index (χ1) is 10.2. The molecule has 0 aliphatic heterocycles. The highest BCUT2D eigenvalue weighted by molar-refractivity contribution is 6.04. The summed E-state index contributed by atoms with van der Waals surface area (Å²) in [6.07, 6.45) is 0. The average molecular weight is 275 g/mol. The molecule has 3 aromatic rings. The fraction of sp³-hybridized carbons (Fsp3) is 0.118. The molecule has 0 N–H and O–H groups in total. The molecule has 4 nitrogen and oxygen atoms in total. The Kier molecular flexibility index (Phi) is 3.25. The van der Waals surface area contributed by atoms with Gasteiger partial charge < -0.3 is 0 Å². The van der Waals surface area contributed by atoms with E-state index in [4.69, 9.17) is 5.26 Å². The normalized spacial score (nSPS) is 10.5. The molecule has 0 saturated carbocycles. The highest BCUT2D eigenvalue weighted by Gasteiger charge is 2.13. The number of nitrogens with zero attached hydrogens (tertiary/aromatic N) is 3. The van der Waals surface area contributed by atoms with Gasteiger partial charge in [-0.15, -0.1) is 0 Å². The lowest BCUT2D eigenvalue weighted by Crippen LogP contribution is -2.03. The van der Waals surface area contributed by atoms with E-state index in [9.17, 15) is 4.79 Å². The van der Waals surface area contributed by atoms with Crippen molar-refractivity contribution in [3.05, 3.63) is 65.4 Å². The van der Waals surface area contributed by atoms with Crippen molar-refractivity contribution in [1.29, 1.82) is 5.26 Å². The topological polar surface area (TPSA) is 58.7 Å². The first-order valence-electron chi connectivity index (χ1n) is 6.64. The molecule has 2 aromatic carbocycles. The summed E-state index contributed by atoms with van der Waals surface area (Å²) in [5, 5.41) is 14.1. The number of ketones is 1. The summed E-state index contributed by atoms with van der Waals surface area (Å²) in [5.74, 6) is -0.0372. The minimum absolute atomic E-state index is 0.0372. The van der Waals surface area contributed by atoms with E-state index in [2.05, 4.69) is 11.2 Å². The SMILES string of the molecule is CC(=O)c1nn(Cc2ccc(C#N)cc2)c2ccccc12. The van der Waals surface area contributed by atoms with Gasteiger partial charge in [-0.25, -0.2) is 0 Å². The summed E-state index contributed by atoms with van der Waals surface area (Å²) in [7, 11) is 0. The third-order valence-electron chi connectivity index (χ3n) is 3.41. The molecule has 0 bridgehead atoms. The van der Waals surface area contributed by atoms with Gasteiger partial charge in [0.15, 0.2) is 5.78 Å². The smallest absolute Gasteiger partial charge is 0.180 e. The number of fused-ring (bicyclic) bond motifs is 1. The molecule has 0 atom stereocenters. The zero-order valence-corrected chi connectivity index (χ0v) is 11.6. The van der Waals surface area contributed by atoms with Crippen LogP contribution in [0.15, 0.2) is 48.5 Å². The maximum atomic E-state index is 11.7. The molecule has 0 spiro atoms. The molecule has 1 aromatic heterocycles. The van der Waals surface area contributed by atoms with Gasteiger partial charge in [-0.05, 0) is 23.8 Å². The van der Waals surface area contributed by atoms with Crippen LogP contribution >= 0.6 is 0 Å². The van der Waals surface area contributed by atoms with Crippen molar-refractivity contribution in [1.82, 2.24) is 9.78 Å². The van der Waals surface area contributed by atoms with Gasteiger partial charge in [-0.1, -0.05) is 30.3 Å². The number of hydrogen-bond donors (Lipinski definition) is 0. The summed E-state index contributed by atoms with van der Waals surface area (Å²) in [6, 6.07) is 17.2. The first-order valence-corrected chi connectivity index (χ1v) is 6.64. The van der Waals surface area contributed by atoms with Crippen molar-refractivity contribution in [2.24, 2.45) is 0 Å². The van der Waals surface area contributed by atoms with Gasteiger partial charge in [-0.2, -0.15) is 10.4 Å². The van der Waals surface area contributed by atoms with Crippen molar-refractivity contribution in [3.8, 4) is 6.07 Å². The Balaban J connectivity index is 2.04. The Morgan fingerprint density at radius 3 is 2.57 bits per heavy atom. The molecule has 0 unspecified atom stereocenters. The molecule has 3 rings (SSSR count). The third kappa shape index (κ3) is 2.41. The number of carbonyl (C=O) groups is 1. The van der Waals surface area contributed by atoms with E-state index >= 15 is 0 Å². The third-order valence-corrected chi connectivity index (χ3v) is 3.41. The van der Waals surface area contributed by atoms with Gasteiger partial charge >= 0.3 is 0 Å². The van der Waals surface area contributed by atoms with Gasteiger partial charge in [0.25, 0.3) is 0 Å². The molecule has 4 heteroatoms. The number of rotatable bonds is 3. The molecule has 0 radical (unpaired) electrons. The maximum Gasteiger partial charge on any atom is 0.180 e. The van der Waals surface area contributed by atoms with Gasteiger partial charge in [0.05, 0.1) is 23.7 Å². The van der Waals surface area contributed by atoms with E-state index in [0.717, 1.165) is 16.5 Å². The Bertz CT molecular complexity index is 854. The maximum absolute atomic E-state index is 11.7. The van der Waals surface area contributed by atoms with Crippen molar-refractivity contribution < 1.29 is 4.79 Å². The Labute approximate surface area is 122 Å². The number of carbonyl (C=O) groups excluding carboxylic acids is 1. The largest absolute Gasteiger partial charge is 0.293 e. The summed E-state index contributed by atoms with van der Waals surface area (Å²) < 4.78 is 1.83. The number of hydrogen-bond acceptors (Lipinski definition) is 3. The van der Waals surface area contributed by atoms with Gasteiger partial charge in [0.2, 0.25) is 0 Å². The Morgan fingerprint density at radius 1 is 1.19 bits per heavy atom. The summed E-state index contributed by atoms with van der Waals surface area (Å²) >= 11 is 0. The molecule has 0 aliphatic rings. The second kappa shape index (κ2) is 5.22. The molecular weight excluding hydrogens is 262 g/mol. The summed E-state index contributed by atoms with van der Waals surface area (Å²) in [4.78, 5) is 11.7. The lowest BCUT2D eigenvalue weighted by molar-refractivity contribution is 0.101. The highest BCUT2D eigenvalue weighted by atomic mass is 16.1. The van der Waals surface area contributed by atoms with Crippen LogP contribution in [0.1, 0.15) is 28.5 Å². The first kappa shape index (κ1) is 13.1. The van der Waals surface area contributed by atoms with E-state index in [1.54, 1.807) is 12.1 Å². The minimum Gasteiger partial charge on any atom is -0.293 e. The van der Waals surface area contributed by atoms with Crippen LogP contribution in [0.25, 0.3) is 10.9 Å². The zero-order chi connectivity index (χ0) is 14.8. The lowest BCUT2D eigenvalue weighted by Gasteiger charge is -2.03.